The van der Waals surface area contributed by atoms with Crippen LogP contribution in [0.3, 0.4) is 0 Å². The number of benzene rings is 1. The van der Waals surface area contributed by atoms with E-state index in [1.165, 1.54) is 12.1 Å². The lowest BCUT2D eigenvalue weighted by atomic mass is 9.53. The monoisotopic (exact) mass is 416 g/mol. The molecule has 30 heavy (non-hydrogen) atoms. The van der Waals surface area contributed by atoms with E-state index in [9.17, 15) is 24.6 Å². The first-order chi connectivity index (χ1) is 14.2. The summed E-state index contributed by atoms with van der Waals surface area (Å²) in [6, 6.07) is 6.35. The van der Waals surface area contributed by atoms with Gasteiger partial charge in [-0.1, -0.05) is 27.7 Å². The summed E-state index contributed by atoms with van der Waals surface area (Å²) in [6.07, 6.45) is 1.30. The van der Waals surface area contributed by atoms with E-state index in [-0.39, 0.29) is 18.5 Å². The first kappa shape index (κ1) is 21.7. The molecular formula is C22H28N2O6. The molecule has 4 N–H and O–H groups in total. The Morgan fingerprint density at radius 1 is 0.933 bits per heavy atom. The third-order valence-corrected chi connectivity index (χ3v) is 7.13. The highest BCUT2D eigenvalue weighted by Gasteiger charge is 2.68. The van der Waals surface area contributed by atoms with Crippen molar-refractivity contribution in [1.82, 2.24) is 0 Å². The quantitative estimate of drug-likeness (QED) is 0.412. The van der Waals surface area contributed by atoms with E-state index in [1.54, 1.807) is 26.0 Å². The number of carboxylic acid groups (broad SMARTS) is 2. The second-order valence-corrected chi connectivity index (χ2v) is 7.89. The van der Waals surface area contributed by atoms with E-state index in [0.717, 1.165) is 0 Å². The number of rotatable bonds is 6. The molecule has 0 radical (unpaired) electrons. The standard InChI is InChI=1S/C22H28N2O6/c1-5-20(6-2)21(7-3,8-4)24-15-12-13-11-14(9-10-16(13)30-17(15)25)23-22(20,18(26)27)19(28)29/h9-12,23-24H,5-8H2,1-4H3,(H,26,27)(H,28,29). The molecule has 1 aliphatic rings. The highest BCUT2D eigenvalue weighted by atomic mass is 16.4. The van der Waals surface area contributed by atoms with Crippen molar-refractivity contribution in [2.24, 2.45) is 5.41 Å². The van der Waals surface area contributed by atoms with Gasteiger partial charge in [0.15, 0.2) is 0 Å². The fourth-order valence-electron chi connectivity index (χ4n) is 5.53. The molecule has 0 saturated carbocycles. The molecule has 1 aromatic heterocycles. The Morgan fingerprint density at radius 3 is 2.03 bits per heavy atom. The van der Waals surface area contributed by atoms with E-state index in [1.807, 2.05) is 13.8 Å². The summed E-state index contributed by atoms with van der Waals surface area (Å²) in [4.78, 5) is 38.3. The summed E-state index contributed by atoms with van der Waals surface area (Å²) in [5.41, 5.74) is -4.35. The Balaban J connectivity index is 2.53. The number of fused-ring (bicyclic) bond motifs is 2. The summed E-state index contributed by atoms with van der Waals surface area (Å²) >= 11 is 0. The Morgan fingerprint density at radius 2 is 1.53 bits per heavy atom. The first-order valence-electron chi connectivity index (χ1n) is 10.3. The molecule has 0 spiro atoms. The highest BCUT2D eigenvalue weighted by molar-refractivity contribution is 6.08. The molecule has 2 heterocycles. The molecule has 0 saturated heterocycles. The number of nitrogens with one attached hydrogen (secondary N) is 2. The van der Waals surface area contributed by atoms with Gasteiger partial charge in [-0.05, 0) is 49.9 Å². The van der Waals surface area contributed by atoms with Crippen molar-refractivity contribution in [2.45, 2.75) is 64.5 Å². The Bertz CT molecular complexity index is 1040. The van der Waals surface area contributed by atoms with E-state index in [0.29, 0.717) is 29.5 Å². The van der Waals surface area contributed by atoms with Gasteiger partial charge in [-0.3, -0.25) is 0 Å². The van der Waals surface area contributed by atoms with Gasteiger partial charge >= 0.3 is 17.6 Å². The Labute approximate surface area is 174 Å². The van der Waals surface area contributed by atoms with Crippen molar-refractivity contribution in [3.8, 4) is 0 Å². The third kappa shape index (κ3) is 2.62. The largest absolute Gasteiger partial charge is 0.479 e. The minimum Gasteiger partial charge on any atom is -0.479 e. The van der Waals surface area contributed by atoms with Crippen LogP contribution in [0.1, 0.15) is 53.4 Å². The topological polar surface area (TPSA) is 129 Å². The maximum atomic E-state index is 12.8. The molecule has 8 heteroatoms. The zero-order valence-corrected chi connectivity index (χ0v) is 17.7. The van der Waals surface area contributed by atoms with Crippen molar-refractivity contribution >= 4 is 34.3 Å². The van der Waals surface area contributed by atoms with Crippen molar-refractivity contribution in [2.75, 3.05) is 10.6 Å². The van der Waals surface area contributed by atoms with Crippen LogP contribution in [0.2, 0.25) is 0 Å². The number of anilines is 2. The van der Waals surface area contributed by atoms with E-state index in [4.69, 9.17) is 4.42 Å². The lowest BCUT2D eigenvalue weighted by Gasteiger charge is -2.57. The van der Waals surface area contributed by atoms with Gasteiger partial charge in [0.2, 0.25) is 5.54 Å². The molecule has 0 unspecified atom stereocenters. The van der Waals surface area contributed by atoms with Crippen molar-refractivity contribution < 1.29 is 24.2 Å². The molecule has 162 valence electrons. The lowest BCUT2D eigenvalue weighted by Crippen LogP contribution is -2.73. The first-order valence-corrected chi connectivity index (χ1v) is 10.3. The fraction of sp³-hybridized carbons (Fsp3) is 0.500. The van der Waals surface area contributed by atoms with Crippen LogP contribution in [-0.2, 0) is 9.59 Å². The van der Waals surface area contributed by atoms with Crippen LogP contribution in [0.4, 0.5) is 11.4 Å². The van der Waals surface area contributed by atoms with Gasteiger partial charge in [0.25, 0.3) is 0 Å². The van der Waals surface area contributed by atoms with Crippen LogP contribution in [-0.4, -0.2) is 33.2 Å². The maximum Gasteiger partial charge on any atom is 0.359 e. The molecule has 1 aromatic carbocycles. The predicted octanol–water partition coefficient (Wildman–Crippen LogP) is 3.90. The Hall–Kier alpha value is -3.03. The second kappa shape index (κ2) is 7.34. The summed E-state index contributed by atoms with van der Waals surface area (Å²) in [7, 11) is 0. The van der Waals surface area contributed by atoms with E-state index in [2.05, 4.69) is 10.6 Å². The van der Waals surface area contributed by atoms with Gasteiger partial charge < -0.3 is 25.3 Å². The number of hydrogen-bond donors (Lipinski definition) is 4. The normalized spacial score (nSPS) is 18.5. The second-order valence-electron chi connectivity index (χ2n) is 7.89. The molecule has 3 rings (SSSR count). The SMILES string of the molecule is CCC1(CC)Nc2cc3cc(ccc3oc2=O)NC(C(=O)O)(C(=O)O)C1(CC)CC. The van der Waals surface area contributed by atoms with Gasteiger partial charge in [0.05, 0.1) is 0 Å². The molecule has 0 aliphatic carbocycles. The Kier molecular flexibility index (Phi) is 5.30. The summed E-state index contributed by atoms with van der Waals surface area (Å²) in [6.45, 7) is 7.33. The summed E-state index contributed by atoms with van der Waals surface area (Å²) in [5, 5.41) is 27.5. The molecule has 1 aliphatic heterocycles. The smallest absolute Gasteiger partial charge is 0.359 e. The van der Waals surface area contributed by atoms with Crippen LogP contribution >= 0.6 is 0 Å². The van der Waals surface area contributed by atoms with Crippen molar-refractivity contribution in [1.29, 1.82) is 0 Å². The minimum atomic E-state index is -2.33. The average molecular weight is 416 g/mol. The number of aliphatic carboxylic acids is 2. The molecule has 0 fully saturated rings. The lowest BCUT2D eigenvalue weighted by molar-refractivity contribution is -0.167. The molecule has 8 nitrogen and oxygen atoms in total. The predicted molar refractivity (Wildman–Crippen MR) is 114 cm³/mol. The van der Waals surface area contributed by atoms with Gasteiger partial charge in [0.1, 0.15) is 11.3 Å². The molecular weight excluding hydrogens is 388 g/mol. The van der Waals surface area contributed by atoms with Gasteiger partial charge in [-0.25, -0.2) is 14.4 Å². The van der Waals surface area contributed by atoms with Crippen LogP contribution in [0.5, 0.6) is 0 Å². The molecule has 0 atom stereocenters. The molecule has 3 bridgehead atoms. The minimum absolute atomic E-state index is 0.196. The number of hydrogen-bond acceptors (Lipinski definition) is 6. The maximum absolute atomic E-state index is 12.8. The molecule has 2 aromatic rings. The highest BCUT2D eigenvalue weighted by Crippen LogP contribution is 2.54. The van der Waals surface area contributed by atoms with Crippen LogP contribution in [0.25, 0.3) is 11.0 Å². The van der Waals surface area contributed by atoms with Crippen molar-refractivity contribution in [3.63, 3.8) is 0 Å². The summed E-state index contributed by atoms with van der Waals surface area (Å²) in [5.74, 6) is -2.94. The summed E-state index contributed by atoms with van der Waals surface area (Å²) < 4.78 is 5.46. The average Bonchev–Trinajstić information content (AvgIpc) is 2.72. The van der Waals surface area contributed by atoms with Crippen LogP contribution in [0.15, 0.2) is 33.5 Å². The zero-order chi connectivity index (χ0) is 22.3. The van der Waals surface area contributed by atoms with E-state index >= 15 is 0 Å². The van der Waals surface area contributed by atoms with Gasteiger partial charge in [0, 0.05) is 22.0 Å². The number of carboxylic acids is 2. The fourth-order valence-corrected chi connectivity index (χ4v) is 5.53. The van der Waals surface area contributed by atoms with Crippen LogP contribution < -0.4 is 16.3 Å². The van der Waals surface area contributed by atoms with E-state index < -0.39 is 34.1 Å². The zero-order valence-electron chi connectivity index (χ0n) is 17.7. The molecule has 0 amide bonds. The number of carbonyl (C=O) groups is 2. The van der Waals surface area contributed by atoms with Crippen LogP contribution in [0, 0.1) is 5.41 Å². The van der Waals surface area contributed by atoms with Gasteiger partial charge in [-0.2, -0.15) is 0 Å². The third-order valence-electron chi connectivity index (χ3n) is 7.13. The van der Waals surface area contributed by atoms with Crippen molar-refractivity contribution in [3.05, 3.63) is 34.7 Å². The van der Waals surface area contributed by atoms with Gasteiger partial charge in [-0.15, -0.1) is 0 Å².